The van der Waals surface area contributed by atoms with Crippen LogP contribution in [0.5, 0.6) is 5.75 Å². The van der Waals surface area contributed by atoms with Gasteiger partial charge in [0, 0.05) is 35.2 Å². The summed E-state index contributed by atoms with van der Waals surface area (Å²) in [5.41, 5.74) is 2.39. The summed E-state index contributed by atoms with van der Waals surface area (Å²) in [5, 5.41) is 4.62. The Bertz CT molecular complexity index is 1160. The Labute approximate surface area is 203 Å². The van der Waals surface area contributed by atoms with Gasteiger partial charge in [0.15, 0.2) is 6.61 Å². The average molecular weight is 488 g/mol. The molecule has 4 rings (SSSR count). The molecule has 33 heavy (non-hydrogen) atoms. The highest BCUT2D eigenvalue weighted by Crippen LogP contribution is 2.28. The average Bonchev–Trinajstić information content (AvgIpc) is 2.79. The minimum atomic E-state index is -0.292. The number of ether oxygens (including phenoxy) is 1. The Morgan fingerprint density at radius 3 is 2.61 bits per heavy atom. The second-order valence-corrected chi connectivity index (χ2v) is 9.28. The minimum absolute atomic E-state index is 0.170. The van der Waals surface area contributed by atoms with E-state index in [1.54, 1.807) is 18.2 Å². The molecule has 1 aromatic heterocycles. The van der Waals surface area contributed by atoms with Crippen molar-refractivity contribution in [3.63, 3.8) is 0 Å². The van der Waals surface area contributed by atoms with Crippen molar-refractivity contribution >= 4 is 51.6 Å². The molecule has 1 N–H and O–H groups in total. The number of carbonyl (C=O) groups excluding carboxylic acids is 1. The number of carbonyl (C=O) groups is 1. The summed E-state index contributed by atoms with van der Waals surface area (Å²) in [6, 6.07) is 11.1. The summed E-state index contributed by atoms with van der Waals surface area (Å²) in [6.45, 7) is 3.69. The Morgan fingerprint density at radius 1 is 1.15 bits per heavy atom. The SMILES string of the molecule is Cc1nc(N2CCC(N(C)C)CC2)nc2ccc(NC(=O)COc3ccc(Cl)cc3Cl)cc12. The molecule has 0 radical (unpaired) electrons. The van der Waals surface area contributed by atoms with Crippen molar-refractivity contribution < 1.29 is 9.53 Å². The molecular weight excluding hydrogens is 461 g/mol. The number of nitrogens with one attached hydrogen (secondary N) is 1. The molecule has 3 aromatic rings. The van der Waals surface area contributed by atoms with Gasteiger partial charge in [-0.1, -0.05) is 23.2 Å². The first-order valence-electron chi connectivity index (χ1n) is 10.9. The van der Waals surface area contributed by atoms with Crippen molar-refractivity contribution in [1.29, 1.82) is 0 Å². The molecule has 2 aromatic carbocycles. The molecule has 2 heterocycles. The van der Waals surface area contributed by atoms with Crippen molar-refractivity contribution in [2.24, 2.45) is 0 Å². The van der Waals surface area contributed by atoms with Crippen LogP contribution in [0.25, 0.3) is 10.9 Å². The number of piperidine rings is 1. The van der Waals surface area contributed by atoms with Gasteiger partial charge in [0.05, 0.1) is 16.2 Å². The van der Waals surface area contributed by atoms with Crippen LogP contribution >= 0.6 is 23.2 Å². The lowest BCUT2D eigenvalue weighted by molar-refractivity contribution is -0.118. The Balaban J connectivity index is 1.42. The van der Waals surface area contributed by atoms with E-state index in [-0.39, 0.29) is 12.5 Å². The molecule has 1 saturated heterocycles. The highest BCUT2D eigenvalue weighted by Gasteiger charge is 2.22. The van der Waals surface area contributed by atoms with Crippen LogP contribution in [0.15, 0.2) is 36.4 Å². The van der Waals surface area contributed by atoms with Crippen LogP contribution in [0.2, 0.25) is 10.0 Å². The Hall–Kier alpha value is -2.61. The van der Waals surface area contributed by atoms with E-state index in [0.717, 1.165) is 48.5 Å². The first-order chi connectivity index (χ1) is 15.8. The molecule has 0 unspecified atom stereocenters. The summed E-state index contributed by atoms with van der Waals surface area (Å²) in [4.78, 5) is 26.4. The molecule has 0 bridgehead atoms. The monoisotopic (exact) mass is 487 g/mol. The predicted octanol–water partition coefficient (Wildman–Crippen LogP) is 4.79. The summed E-state index contributed by atoms with van der Waals surface area (Å²) in [7, 11) is 4.26. The zero-order valence-corrected chi connectivity index (χ0v) is 20.5. The van der Waals surface area contributed by atoms with E-state index in [9.17, 15) is 4.79 Å². The topological polar surface area (TPSA) is 70.6 Å². The molecule has 9 heteroatoms. The number of halogens is 2. The fraction of sp³-hybridized carbons (Fsp3) is 0.375. The van der Waals surface area contributed by atoms with E-state index in [2.05, 4.69) is 29.2 Å². The number of nitrogens with zero attached hydrogens (tertiary/aromatic N) is 4. The molecule has 1 amide bonds. The number of fused-ring (bicyclic) bond motifs is 1. The summed E-state index contributed by atoms with van der Waals surface area (Å²) in [5.74, 6) is 0.877. The fourth-order valence-electron chi connectivity index (χ4n) is 4.00. The van der Waals surface area contributed by atoms with Gasteiger partial charge in [-0.15, -0.1) is 0 Å². The standard InChI is InChI=1S/C24H27Cl2N5O2/c1-15-19-13-17(28-23(32)14-33-22-7-4-16(25)12-20(22)26)5-6-21(19)29-24(27-15)31-10-8-18(9-11-31)30(2)3/h4-7,12-13,18H,8-11,14H2,1-3H3,(H,28,32). The highest BCUT2D eigenvalue weighted by atomic mass is 35.5. The van der Waals surface area contributed by atoms with Crippen LogP contribution < -0.4 is 15.0 Å². The summed E-state index contributed by atoms with van der Waals surface area (Å²) < 4.78 is 5.51. The van der Waals surface area contributed by atoms with Gasteiger partial charge in [-0.3, -0.25) is 4.79 Å². The van der Waals surface area contributed by atoms with Crippen molar-refractivity contribution in [2.75, 3.05) is 44.0 Å². The first-order valence-corrected chi connectivity index (χ1v) is 11.6. The fourth-order valence-corrected chi connectivity index (χ4v) is 4.46. The first kappa shape index (κ1) is 23.5. The van der Waals surface area contributed by atoms with E-state index in [0.29, 0.717) is 27.5 Å². The van der Waals surface area contributed by atoms with Gasteiger partial charge in [0.25, 0.3) is 5.91 Å². The molecule has 1 aliphatic rings. The van der Waals surface area contributed by atoms with Crippen LogP contribution in [0.3, 0.4) is 0 Å². The predicted molar refractivity (Wildman–Crippen MR) is 134 cm³/mol. The summed E-state index contributed by atoms with van der Waals surface area (Å²) in [6.07, 6.45) is 2.20. The number of aromatic nitrogens is 2. The number of hydrogen-bond donors (Lipinski definition) is 1. The quantitative estimate of drug-likeness (QED) is 0.538. The number of hydrogen-bond acceptors (Lipinski definition) is 6. The third-order valence-corrected chi connectivity index (χ3v) is 6.42. The highest BCUT2D eigenvalue weighted by molar-refractivity contribution is 6.35. The molecule has 1 aliphatic heterocycles. The molecule has 0 aliphatic carbocycles. The third kappa shape index (κ3) is 5.66. The van der Waals surface area contributed by atoms with Gasteiger partial charge in [-0.2, -0.15) is 0 Å². The second kappa shape index (κ2) is 10.1. The minimum Gasteiger partial charge on any atom is -0.482 e. The van der Waals surface area contributed by atoms with Gasteiger partial charge in [-0.05, 0) is 70.3 Å². The van der Waals surface area contributed by atoms with Crippen molar-refractivity contribution in [1.82, 2.24) is 14.9 Å². The van der Waals surface area contributed by atoms with Gasteiger partial charge in [-0.25, -0.2) is 9.97 Å². The maximum absolute atomic E-state index is 12.4. The van der Waals surface area contributed by atoms with Crippen molar-refractivity contribution in [2.45, 2.75) is 25.8 Å². The van der Waals surface area contributed by atoms with Gasteiger partial charge < -0.3 is 19.9 Å². The van der Waals surface area contributed by atoms with E-state index in [1.165, 1.54) is 0 Å². The zero-order chi connectivity index (χ0) is 23.5. The lowest BCUT2D eigenvalue weighted by Crippen LogP contribution is -2.42. The second-order valence-electron chi connectivity index (χ2n) is 8.43. The van der Waals surface area contributed by atoms with E-state index >= 15 is 0 Å². The number of benzene rings is 2. The lowest BCUT2D eigenvalue weighted by atomic mass is 10.0. The largest absolute Gasteiger partial charge is 0.482 e. The maximum Gasteiger partial charge on any atom is 0.262 e. The van der Waals surface area contributed by atoms with Crippen LogP contribution in [-0.4, -0.2) is 60.6 Å². The van der Waals surface area contributed by atoms with Crippen molar-refractivity contribution in [3.05, 3.63) is 52.1 Å². The van der Waals surface area contributed by atoms with Crippen LogP contribution in [0.1, 0.15) is 18.5 Å². The van der Waals surface area contributed by atoms with E-state index in [4.69, 9.17) is 37.9 Å². The maximum atomic E-state index is 12.4. The number of anilines is 2. The molecule has 7 nitrogen and oxygen atoms in total. The number of aryl methyl sites for hydroxylation is 1. The lowest BCUT2D eigenvalue weighted by Gasteiger charge is -2.35. The third-order valence-electron chi connectivity index (χ3n) is 5.89. The molecule has 174 valence electrons. The van der Waals surface area contributed by atoms with E-state index in [1.807, 2.05) is 25.1 Å². The van der Waals surface area contributed by atoms with Crippen LogP contribution in [-0.2, 0) is 4.79 Å². The van der Waals surface area contributed by atoms with Crippen LogP contribution in [0, 0.1) is 6.92 Å². The number of rotatable bonds is 6. The molecule has 0 spiro atoms. The van der Waals surface area contributed by atoms with E-state index < -0.39 is 0 Å². The smallest absolute Gasteiger partial charge is 0.262 e. The molecule has 0 atom stereocenters. The zero-order valence-electron chi connectivity index (χ0n) is 18.9. The Kier molecular flexibility index (Phi) is 7.22. The number of amides is 1. The van der Waals surface area contributed by atoms with Crippen LogP contribution in [0.4, 0.5) is 11.6 Å². The Morgan fingerprint density at radius 2 is 1.91 bits per heavy atom. The van der Waals surface area contributed by atoms with Gasteiger partial charge in [0.1, 0.15) is 5.75 Å². The normalized spacial score (nSPS) is 14.7. The van der Waals surface area contributed by atoms with Gasteiger partial charge >= 0.3 is 0 Å². The van der Waals surface area contributed by atoms with Gasteiger partial charge in [0.2, 0.25) is 5.95 Å². The van der Waals surface area contributed by atoms with Crippen molar-refractivity contribution in [3.8, 4) is 5.75 Å². The molecule has 0 saturated carbocycles. The molecular formula is C24H27Cl2N5O2. The molecule has 1 fully saturated rings. The summed E-state index contributed by atoms with van der Waals surface area (Å²) >= 11 is 12.0.